The average Bonchev–Trinajstić information content (AvgIpc) is 2.91. The van der Waals surface area contributed by atoms with Gasteiger partial charge in [-0.05, 0) is 48.0 Å². The Morgan fingerprint density at radius 1 is 1.08 bits per heavy atom. The summed E-state index contributed by atoms with van der Waals surface area (Å²) in [4.78, 5) is 16.0. The summed E-state index contributed by atoms with van der Waals surface area (Å²) in [7, 11) is 0. The molecule has 3 rings (SSSR count). The van der Waals surface area contributed by atoms with Crippen LogP contribution in [0.4, 0.5) is 8.78 Å². The van der Waals surface area contributed by atoms with Gasteiger partial charge in [0.1, 0.15) is 5.75 Å². The van der Waals surface area contributed by atoms with Crippen LogP contribution in [0.5, 0.6) is 5.75 Å². The molecule has 122 valence electrons. The summed E-state index contributed by atoms with van der Waals surface area (Å²) in [5.74, 6) is -0.479. The molecule has 0 amide bonds. The van der Waals surface area contributed by atoms with Gasteiger partial charge in [-0.2, -0.15) is 8.78 Å². The first-order chi connectivity index (χ1) is 11.5. The lowest BCUT2D eigenvalue weighted by Crippen LogP contribution is -2.06. The van der Waals surface area contributed by atoms with Crippen molar-refractivity contribution in [1.29, 1.82) is 0 Å². The first-order valence-electron chi connectivity index (χ1n) is 6.84. The largest absolute Gasteiger partial charge is 0.435 e. The topological polar surface area (TPSA) is 47.9 Å². The van der Waals surface area contributed by atoms with Crippen molar-refractivity contribution in [2.24, 2.45) is 4.99 Å². The number of carbonyl (C=O) groups excluding carboxylic acids is 1. The Kier molecular flexibility index (Phi) is 4.57. The monoisotopic (exact) mass is 349 g/mol. The Bertz CT molecular complexity index is 815. The molecule has 0 atom stereocenters. The highest BCUT2D eigenvalue weighted by Gasteiger charge is 2.24. The number of hydrogen-bond acceptors (Lipinski definition) is 4. The number of nitrogens with zero attached hydrogens (tertiary/aromatic N) is 1. The molecule has 24 heavy (non-hydrogen) atoms. The summed E-state index contributed by atoms with van der Waals surface area (Å²) in [6, 6.07) is 12.5. The Labute approximate surface area is 141 Å². The third-order valence-corrected chi connectivity index (χ3v) is 3.37. The summed E-state index contributed by atoms with van der Waals surface area (Å²) in [5.41, 5.74) is 1.36. The van der Waals surface area contributed by atoms with Gasteiger partial charge in [0, 0.05) is 10.6 Å². The van der Waals surface area contributed by atoms with Crippen LogP contribution in [0.3, 0.4) is 0 Å². The van der Waals surface area contributed by atoms with Crippen LogP contribution < -0.4 is 4.74 Å². The first-order valence-corrected chi connectivity index (χ1v) is 7.22. The molecule has 2 aromatic rings. The van der Waals surface area contributed by atoms with Crippen molar-refractivity contribution in [2.75, 3.05) is 0 Å². The van der Waals surface area contributed by atoms with Gasteiger partial charge < -0.3 is 9.47 Å². The number of cyclic esters (lactones) is 1. The minimum Gasteiger partial charge on any atom is -0.435 e. The maximum atomic E-state index is 12.1. The van der Waals surface area contributed by atoms with Crippen molar-refractivity contribution in [3.63, 3.8) is 0 Å². The van der Waals surface area contributed by atoms with E-state index in [1.807, 2.05) is 0 Å². The summed E-state index contributed by atoms with van der Waals surface area (Å²) in [5, 5.41) is 0.585. The Hall–Kier alpha value is -2.73. The van der Waals surface area contributed by atoms with Gasteiger partial charge in [-0.3, -0.25) is 0 Å². The molecular formula is C17H10ClF2NO3. The standard InChI is InChI=1S/C17H10ClF2NO3/c18-12-5-1-10(2-6-12)9-14-16(22)24-15(21-14)11-3-7-13(8-4-11)23-17(19)20/h1-9,17H/b14-9-. The zero-order chi connectivity index (χ0) is 17.1. The summed E-state index contributed by atoms with van der Waals surface area (Å²) in [6.45, 7) is -2.90. The average molecular weight is 350 g/mol. The Morgan fingerprint density at radius 3 is 2.38 bits per heavy atom. The van der Waals surface area contributed by atoms with Crippen molar-refractivity contribution >= 4 is 29.5 Å². The van der Waals surface area contributed by atoms with Crippen molar-refractivity contribution in [3.05, 3.63) is 70.4 Å². The minimum absolute atomic E-state index is 0.00982. The Morgan fingerprint density at radius 2 is 1.75 bits per heavy atom. The highest BCUT2D eigenvalue weighted by Crippen LogP contribution is 2.22. The van der Waals surface area contributed by atoms with Crippen LogP contribution in [0.15, 0.2) is 59.2 Å². The molecule has 4 nitrogen and oxygen atoms in total. The molecule has 0 bridgehead atoms. The maximum absolute atomic E-state index is 12.1. The normalized spacial score (nSPS) is 15.6. The van der Waals surface area contributed by atoms with Crippen LogP contribution in [-0.4, -0.2) is 18.5 Å². The lowest BCUT2D eigenvalue weighted by atomic mass is 10.2. The fraction of sp³-hybridized carbons (Fsp3) is 0.0588. The van der Waals surface area contributed by atoms with Crippen molar-refractivity contribution in [1.82, 2.24) is 0 Å². The van der Waals surface area contributed by atoms with Crippen LogP contribution in [0.1, 0.15) is 11.1 Å². The third kappa shape index (κ3) is 3.78. The van der Waals surface area contributed by atoms with Crippen LogP contribution >= 0.6 is 11.6 Å². The highest BCUT2D eigenvalue weighted by molar-refractivity contribution is 6.30. The van der Waals surface area contributed by atoms with Crippen LogP contribution in [0, 0.1) is 0 Å². The van der Waals surface area contributed by atoms with Crippen molar-refractivity contribution < 1.29 is 23.0 Å². The van der Waals surface area contributed by atoms with Crippen LogP contribution in [0.2, 0.25) is 5.02 Å². The number of rotatable bonds is 4. The molecule has 0 aromatic heterocycles. The van der Waals surface area contributed by atoms with Gasteiger partial charge in [-0.15, -0.1) is 0 Å². The molecule has 1 aliphatic heterocycles. The number of carbonyl (C=O) groups is 1. The van der Waals surface area contributed by atoms with Gasteiger partial charge in [-0.1, -0.05) is 23.7 Å². The number of esters is 1. The predicted octanol–water partition coefficient (Wildman–Crippen LogP) is 4.29. The summed E-state index contributed by atoms with van der Waals surface area (Å²) in [6.07, 6.45) is 1.57. The molecule has 0 saturated heterocycles. The first kappa shape index (κ1) is 16.1. The summed E-state index contributed by atoms with van der Waals surface area (Å²) < 4.78 is 33.6. The molecule has 0 aliphatic carbocycles. The van der Waals surface area contributed by atoms with Crippen molar-refractivity contribution in [3.8, 4) is 5.75 Å². The lowest BCUT2D eigenvalue weighted by molar-refractivity contribution is -0.129. The second-order valence-corrected chi connectivity index (χ2v) is 5.23. The summed E-state index contributed by atoms with van der Waals surface area (Å²) >= 11 is 5.81. The number of benzene rings is 2. The zero-order valence-electron chi connectivity index (χ0n) is 12.1. The number of halogens is 3. The molecule has 0 N–H and O–H groups in total. The molecule has 0 spiro atoms. The number of ether oxygens (including phenoxy) is 2. The van der Waals surface area contributed by atoms with E-state index in [4.69, 9.17) is 16.3 Å². The molecule has 0 fully saturated rings. The second kappa shape index (κ2) is 6.80. The van der Waals surface area contributed by atoms with Crippen molar-refractivity contribution in [2.45, 2.75) is 6.61 Å². The fourth-order valence-electron chi connectivity index (χ4n) is 2.03. The second-order valence-electron chi connectivity index (χ2n) is 4.79. The van der Waals surface area contributed by atoms with E-state index in [1.54, 1.807) is 30.3 Å². The lowest BCUT2D eigenvalue weighted by Gasteiger charge is -2.04. The van der Waals surface area contributed by atoms with Gasteiger partial charge in [0.25, 0.3) is 0 Å². The SMILES string of the molecule is O=C1OC(c2ccc(OC(F)F)cc2)=N/C1=C\c1ccc(Cl)cc1. The smallest absolute Gasteiger partial charge is 0.387 e. The highest BCUT2D eigenvalue weighted by atomic mass is 35.5. The zero-order valence-corrected chi connectivity index (χ0v) is 12.8. The van der Waals surface area contributed by atoms with Gasteiger partial charge in [0.2, 0.25) is 5.90 Å². The molecule has 7 heteroatoms. The minimum atomic E-state index is -2.90. The van der Waals surface area contributed by atoms with Gasteiger partial charge in [-0.25, -0.2) is 9.79 Å². The fourth-order valence-corrected chi connectivity index (χ4v) is 2.15. The van der Waals surface area contributed by atoms with E-state index < -0.39 is 12.6 Å². The van der Waals surface area contributed by atoms with E-state index in [0.29, 0.717) is 10.6 Å². The van der Waals surface area contributed by atoms with Gasteiger partial charge >= 0.3 is 12.6 Å². The van der Waals surface area contributed by atoms with Gasteiger partial charge in [0.05, 0.1) is 0 Å². The Balaban J connectivity index is 1.82. The van der Waals surface area contributed by atoms with E-state index >= 15 is 0 Å². The van der Waals surface area contributed by atoms with E-state index in [9.17, 15) is 13.6 Å². The molecule has 0 radical (unpaired) electrons. The molecular weight excluding hydrogens is 340 g/mol. The number of hydrogen-bond donors (Lipinski definition) is 0. The number of aliphatic imine (C=N–C) groups is 1. The predicted molar refractivity (Wildman–Crippen MR) is 85.1 cm³/mol. The molecule has 2 aromatic carbocycles. The van der Waals surface area contributed by atoms with Crippen LogP contribution in [-0.2, 0) is 9.53 Å². The maximum Gasteiger partial charge on any atom is 0.387 e. The van der Waals surface area contributed by atoms with E-state index in [2.05, 4.69) is 9.73 Å². The van der Waals surface area contributed by atoms with E-state index in [1.165, 1.54) is 24.3 Å². The molecule has 0 saturated carbocycles. The molecule has 0 unspecified atom stereocenters. The van der Waals surface area contributed by atoms with Gasteiger partial charge in [0.15, 0.2) is 5.70 Å². The van der Waals surface area contributed by atoms with E-state index in [0.717, 1.165) is 5.56 Å². The molecule has 1 aliphatic rings. The van der Waals surface area contributed by atoms with Crippen LogP contribution in [0.25, 0.3) is 6.08 Å². The third-order valence-electron chi connectivity index (χ3n) is 3.12. The van der Waals surface area contributed by atoms with E-state index in [-0.39, 0.29) is 17.3 Å². The number of alkyl halides is 2. The quantitative estimate of drug-likeness (QED) is 0.611. The molecule has 1 heterocycles.